The van der Waals surface area contributed by atoms with E-state index in [0.717, 1.165) is 12.1 Å². The number of rotatable bonds is 1. The Morgan fingerprint density at radius 3 is 1.87 bits per heavy atom. The van der Waals surface area contributed by atoms with E-state index in [9.17, 15) is 0 Å². The Bertz CT molecular complexity index is 221. The lowest BCUT2D eigenvalue weighted by atomic mass is 10.3. The van der Waals surface area contributed by atoms with Gasteiger partial charge in [0.05, 0.1) is 1.93 Å². The third-order valence-electron chi connectivity index (χ3n) is 1.21. The fourth-order valence-corrected chi connectivity index (χ4v) is 0.760. The molecule has 0 saturated heterocycles. The Morgan fingerprint density at radius 1 is 1.27 bits per heavy atom. The Kier molecular flexibility index (Phi) is 15.9. The summed E-state index contributed by atoms with van der Waals surface area (Å²) in [5.41, 5.74) is 6.26. The highest BCUT2D eigenvalue weighted by molar-refractivity contribution is 14.2. The summed E-state index contributed by atoms with van der Waals surface area (Å²) in [6.07, 6.45) is 1.28. The minimum absolute atomic E-state index is 0.785. The molecule has 0 radical (unpaired) electrons. The summed E-state index contributed by atoms with van der Waals surface area (Å²) >= 11 is 8.06. The number of para-hydroxylation sites is 1. The van der Waals surface area contributed by atoms with Gasteiger partial charge in [-0.1, -0.05) is 78.1 Å². The smallest absolute Gasteiger partial charge is 0.0624 e. The molecule has 1 nitrogen and oxygen atoms in total. The highest BCUT2D eigenvalue weighted by Gasteiger charge is 1.86. The van der Waals surface area contributed by atoms with Crippen molar-refractivity contribution in [3.63, 3.8) is 0 Å². The van der Waals surface area contributed by atoms with Crippen LogP contribution in [0.25, 0.3) is 0 Å². The third kappa shape index (κ3) is 12.9. The average Bonchev–Trinajstić information content (AvgIpc) is 2.26. The molecule has 15 heavy (non-hydrogen) atoms. The highest BCUT2D eigenvalue weighted by Crippen LogP contribution is 2.16. The summed E-state index contributed by atoms with van der Waals surface area (Å²) in [6.45, 7) is 6.18. The molecule has 1 rings (SSSR count). The number of hydrogen-bond donors (Lipinski definition) is 1. The molecule has 1 aromatic carbocycles. The SMILES string of the molecule is CC.CCC(I)I.Nc1ccccc1Br. The third-order valence-corrected chi connectivity index (χ3v) is 3.70. The largest absolute Gasteiger partial charge is 0.398 e. The second kappa shape index (κ2) is 13.0. The van der Waals surface area contributed by atoms with E-state index in [1.807, 2.05) is 38.1 Å². The van der Waals surface area contributed by atoms with Gasteiger partial charge < -0.3 is 5.73 Å². The number of nitrogen functional groups attached to an aromatic ring is 1. The van der Waals surface area contributed by atoms with Gasteiger partial charge in [-0.3, -0.25) is 0 Å². The predicted octanol–water partition coefficient (Wildman–Crippen LogP) is 5.65. The van der Waals surface area contributed by atoms with Crippen molar-refractivity contribution in [2.45, 2.75) is 29.1 Å². The molecule has 0 bridgehead atoms. The molecule has 0 heterocycles. The van der Waals surface area contributed by atoms with Gasteiger partial charge in [0.1, 0.15) is 0 Å². The van der Waals surface area contributed by atoms with E-state index in [2.05, 4.69) is 68.0 Å². The van der Waals surface area contributed by atoms with Crippen molar-refractivity contribution in [2.75, 3.05) is 5.73 Å². The topological polar surface area (TPSA) is 26.0 Å². The molecule has 4 heteroatoms. The average molecular weight is 498 g/mol. The lowest BCUT2D eigenvalue weighted by molar-refractivity contribution is 1.11. The van der Waals surface area contributed by atoms with Crippen LogP contribution >= 0.6 is 61.1 Å². The zero-order chi connectivity index (χ0) is 12.3. The maximum absolute atomic E-state index is 5.47. The van der Waals surface area contributed by atoms with Crippen LogP contribution in [0.4, 0.5) is 5.69 Å². The lowest BCUT2D eigenvalue weighted by Gasteiger charge is -1.91. The van der Waals surface area contributed by atoms with Crippen molar-refractivity contribution in [2.24, 2.45) is 0 Å². The van der Waals surface area contributed by atoms with Gasteiger partial charge in [-0.25, -0.2) is 0 Å². The van der Waals surface area contributed by atoms with Crippen LogP contribution in [0.3, 0.4) is 0 Å². The molecule has 0 unspecified atom stereocenters. The molecular formula is C11H18BrI2N. The molecule has 0 aliphatic heterocycles. The first kappa shape index (κ1) is 18.3. The predicted molar refractivity (Wildman–Crippen MR) is 92.0 cm³/mol. The fraction of sp³-hybridized carbons (Fsp3) is 0.455. The van der Waals surface area contributed by atoms with Crippen LogP contribution in [-0.2, 0) is 0 Å². The van der Waals surface area contributed by atoms with Crippen LogP contribution in [-0.4, -0.2) is 1.93 Å². The van der Waals surface area contributed by atoms with Crippen LogP contribution < -0.4 is 5.73 Å². The quantitative estimate of drug-likeness (QED) is 0.303. The van der Waals surface area contributed by atoms with E-state index in [0.29, 0.717) is 0 Å². The molecule has 0 atom stereocenters. The van der Waals surface area contributed by atoms with Gasteiger partial charge in [0, 0.05) is 10.2 Å². The molecule has 0 aliphatic carbocycles. The molecule has 2 N–H and O–H groups in total. The second-order valence-electron chi connectivity index (χ2n) is 2.32. The summed E-state index contributed by atoms with van der Waals surface area (Å²) in [7, 11) is 0. The number of halogens is 3. The summed E-state index contributed by atoms with van der Waals surface area (Å²) in [5.74, 6) is 0. The van der Waals surface area contributed by atoms with E-state index >= 15 is 0 Å². The Morgan fingerprint density at radius 2 is 1.67 bits per heavy atom. The Labute approximate surface area is 129 Å². The maximum Gasteiger partial charge on any atom is 0.0624 e. The van der Waals surface area contributed by atoms with Crippen molar-refractivity contribution < 1.29 is 0 Å². The van der Waals surface area contributed by atoms with Gasteiger partial charge in [0.25, 0.3) is 0 Å². The van der Waals surface area contributed by atoms with Crippen LogP contribution in [0.15, 0.2) is 28.7 Å². The van der Waals surface area contributed by atoms with Gasteiger partial charge >= 0.3 is 0 Å². The molecular weight excluding hydrogens is 480 g/mol. The summed E-state index contributed by atoms with van der Waals surface area (Å²) in [4.78, 5) is 0. The molecule has 1 aromatic rings. The normalized spacial score (nSPS) is 8.47. The summed E-state index contributed by atoms with van der Waals surface area (Å²) in [6, 6.07) is 7.60. The zero-order valence-corrected chi connectivity index (χ0v) is 15.2. The number of nitrogens with two attached hydrogens (primary N) is 1. The van der Waals surface area contributed by atoms with Crippen molar-refractivity contribution >= 4 is 66.8 Å². The summed E-state index contributed by atoms with van der Waals surface area (Å²) in [5, 5.41) is 0. The Hall–Kier alpha value is 0.960. The van der Waals surface area contributed by atoms with Crippen LogP contribution in [0.5, 0.6) is 0 Å². The molecule has 0 aromatic heterocycles. The van der Waals surface area contributed by atoms with Crippen molar-refractivity contribution in [3.8, 4) is 0 Å². The zero-order valence-electron chi connectivity index (χ0n) is 9.31. The summed E-state index contributed by atoms with van der Waals surface area (Å²) < 4.78 is 1.78. The van der Waals surface area contributed by atoms with Gasteiger partial charge in [-0.05, 0) is 34.5 Å². The first-order valence-electron chi connectivity index (χ1n) is 4.86. The molecule has 0 saturated carbocycles. The van der Waals surface area contributed by atoms with Crippen molar-refractivity contribution in [3.05, 3.63) is 28.7 Å². The van der Waals surface area contributed by atoms with E-state index in [1.54, 1.807) is 0 Å². The molecule has 88 valence electrons. The Balaban J connectivity index is 0. The van der Waals surface area contributed by atoms with E-state index in [-0.39, 0.29) is 0 Å². The highest BCUT2D eigenvalue weighted by atomic mass is 127. The maximum atomic E-state index is 5.47. The number of hydrogen-bond acceptors (Lipinski definition) is 1. The van der Waals surface area contributed by atoms with E-state index in [1.165, 1.54) is 6.42 Å². The van der Waals surface area contributed by atoms with E-state index < -0.39 is 0 Å². The lowest BCUT2D eigenvalue weighted by Crippen LogP contribution is -1.82. The minimum Gasteiger partial charge on any atom is -0.398 e. The monoisotopic (exact) mass is 497 g/mol. The van der Waals surface area contributed by atoms with Gasteiger partial charge in [0.15, 0.2) is 0 Å². The first-order valence-corrected chi connectivity index (χ1v) is 8.14. The minimum atomic E-state index is 0.785. The molecule has 0 aliphatic rings. The molecule has 0 fully saturated rings. The fourth-order valence-electron chi connectivity index (χ4n) is 0.475. The number of benzene rings is 1. The number of alkyl halides is 2. The van der Waals surface area contributed by atoms with Crippen LogP contribution in [0.1, 0.15) is 27.2 Å². The van der Waals surface area contributed by atoms with Crippen LogP contribution in [0, 0.1) is 0 Å². The van der Waals surface area contributed by atoms with Crippen LogP contribution in [0.2, 0.25) is 0 Å². The standard InChI is InChI=1S/C6H6BrN.C3H6I2.C2H6/c7-5-3-1-2-4-6(5)8;1-2-3(4)5;1-2/h1-4H,8H2;3H,2H2,1H3;1-2H3. The molecule has 0 amide bonds. The van der Waals surface area contributed by atoms with Crippen molar-refractivity contribution in [1.29, 1.82) is 0 Å². The first-order chi connectivity index (χ1) is 7.07. The van der Waals surface area contributed by atoms with Gasteiger partial charge in [-0.15, -0.1) is 0 Å². The second-order valence-corrected chi connectivity index (χ2v) is 8.57. The molecule has 0 spiro atoms. The van der Waals surface area contributed by atoms with Gasteiger partial charge in [-0.2, -0.15) is 0 Å². The van der Waals surface area contributed by atoms with E-state index in [4.69, 9.17) is 5.73 Å². The number of anilines is 1. The van der Waals surface area contributed by atoms with Crippen molar-refractivity contribution in [1.82, 2.24) is 0 Å². The van der Waals surface area contributed by atoms with Gasteiger partial charge in [0.2, 0.25) is 0 Å².